The molecule has 0 saturated heterocycles. The third-order valence-electron chi connectivity index (χ3n) is 4.71. The summed E-state index contributed by atoms with van der Waals surface area (Å²) in [5, 5.41) is 0. The molecule has 0 fully saturated rings. The van der Waals surface area contributed by atoms with Gasteiger partial charge in [0.25, 0.3) is 0 Å². The zero-order chi connectivity index (χ0) is 19.3. The van der Waals surface area contributed by atoms with Crippen LogP contribution in [-0.4, -0.2) is 44.9 Å². The third kappa shape index (κ3) is 24.1. The van der Waals surface area contributed by atoms with Crippen LogP contribution in [0.15, 0.2) is 12.2 Å². The average Bonchev–Trinajstić information content (AvgIpc) is 2.59. The fourth-order valence-electron chi connectivity index (χ4n) is 2.87. The van der Waals surface area contributed by atoms with E-state index in [0.717, 1.165) is 17.6 Å². The third-order valence-corrected chi connectivity index (χ3v) is 5.57. The van der Waals surface area contributed by atoms with Crippen LogP contribution in [-0.2, 0) is 4.52 Å². The smallest absolute Gasteiger partial charge is 0.0989 e. The summed E-state index contributed by atoms with van der Waals surface area (Å²) in [5.41, 5.74) is 0. The maximum absolute atomic E-state index is 5.68. The van der Waals surface area contributed by atoms with Gasteiger partial charge < -0.3 is 17.8 Å². The summed E-state index contributed by atoms with van der Waals surface area (Å²) in [7, 11) is 7.83. The molecule has 0 atom stereocenters. The van der Waals surface area contributed by atoms with E-state index in [9.17, 15) is 0 Å². The summed E-state index contributed by atoms with van der Waals surface area (Å²) in [5.74, 6) is 0. The van der Waals surface area contributed by atoms with Crippen molar-refractivity contribution in [2.24, 2.45) is 0 Å². The van der Waals surface area contributed by atoms with E-state index in [1.165, 1.54) is 105 Å². The van der Waals surface area contributed by atoms with Gasteiger partial charge in [0.2, 0.25) is 0 Å². The van der Waals surface area contributed by atoms with Crippen LogP contribution in [0.5, 0.6) is 0 Å². The van der Waals surface area contributed by atoms with Crippen molar-refractivity contribution in [3.05, 3.63) is 12.2 Å². The average molecular weight is 386 g/mol. The molecule has 0 bridgehead atoms. The van der Waals surface area contributed by atoms with Crippen LogP contribution in [0.3, 0.4) is 0 Å². The standard InChI is InChI=1S/C23H48NOP/c1-5-6-7-8-9-10-11-12-13-14-15-16-17-18-19-20-23-26-25-22-21-24(2,3)4/h12-13H,5-11,14-23H2,1-4H3. The van der Waals surface area contributed by atoms with E-state index in [0.29, 0.717) is 0 Å². The second-order valence-electron chi connectivity index (χ2n) is 8.64. The van der Waals surface area contributed by atoms with E-state index in [-0.39, 0.29) is 0 Å². The highest BCUT2D eigenvalue weighted by molar-refractivity contribution is 7.32. The molecule has 0 amide bonds. The highest BCUT2D eigenvalue weighted by Crippen LogP contribution is 2.16. The molecule has 0 N–H and O–H groups in total. The molecule has 0 rings (SSSR count). The molecule has 3 heteroatoms. The quantitative estimate of drug-likeness (QED) is 0.0907. The van der Waals surface area contributed by atoms with Crippen LogP contribution >= 0.6 is 8.81 Å². The zero-order valence-corrected chi connectivity index (χ0v) is 19.4. The Kier molecular flexibility index (Phi) is 19.9. The van der Waals surface area contributed by atoms with Crippen molar-refractivity contribution in [3.63, 3.8) is 0 Å². The summed E-state index contributed by atoms with van der Waals surface area (Å²) in [6.45, 7) is 4.27. The second kappa shape index (κ2) is 19.8. The van der Waals surface area contributed by atoms with Gasteiger partial charge in [-0.15, -0.1) is 0 Å². The van der Waals surface area contributed by atoms with Crippen LogP contribution in [0, 0.1) is 0 Å². The number of allylic oxidation sites excluding steroid dienone is 2. The number of quaternary nitrogens is 1. The van der Waals surface area contributed by atoms with E-state index < -0.39 is 0 Å². The molecule has 0 aromatic carbocycles. The van der Waals surface area contributed by atoms with Crippen molar-refractivity contribution in [1.82, 2.24) is 0 Å². The largest absolute Gasteiger partial charge is 0.553 e. The molecular weight excluding hydrogens is 337 g/mol. The maximum atomic E-state index is 5.68. The fraction of sp³-hybridized carbons (Fsp3) is 0.913. The van der Waals surface area contributed by atoms with E-state index in [2.05, 4.69) is 40.2 Å². The predicted molar refractivity (Wildman–Crippen MR) is 120 cm³/mol. The van der Waals surface area contributed by atoms with Gasteiger partial charge in [-0.05, 0) is 25.7 Å². The fourth-order valence-corrected chi connectivity index (χ4v) is 3.56. The van der Waals surface area contributed by atoms with Gasteiger partial charge in [0.1, 0.15) is 0 Å². The zero-order valence-electron chi connectivity index (χ0n) is 18.5. The second-order valence-corrected chi connectivity index (χ2v) is 9.60. The Balaban J connectivity index is 3.10. The minimum atomic E-state index is 0.886. The van der Waals surface area contributed by atoms with Gasteiger partial charge in [-0.3, -0.25) is 0 Å². The molecule has 0 aliphatic carbocycles. The minimum Gasteiger partial charge on any atom is -0.553 e. The Hall–Kier alpha value is 0.0900. The van der Waals surface area contributed by atoms with Gasteiger partial charge in [-0.25, -0.2) is 0 Å². The van der Waals surface area contributed by atoms with Crippen LogP contribution in [0.4, 0.5) is 0 Å². The molecule has 0 heterocycles. The number of nitrogens with zero attached hydrogens (tertiary/aromatic N) is 1. The summed E-state index contributed by atoms with van der Waals surface area (Å²) < 4.78 is 6.67. The van der Waals surface area contributed by atoms with Crippen molar-refractivity contribution >= 4 is 8.81 Å². The Morgan fingerprint density at radius 1 is 0.692 bits per heavy atom. The van der Waals surface area contributed by atoms with Crippen LogP contribution in [0.25, 0.3) is 0 Å². The number of unbranched alkanes of at least 4 members (excludes halogenated alkanes) is 12. The van der Waals surface area contributed by atoms with Gasteiger partial charge >= 0.3 is 0 Å². The number of hydrogen-bond acceptors (Lipinski definition) is 1. The number of likely N-dealkylation sites (N-methyl/N-ethyl adjacent to an activating group) is 1. The van der Waals surface area contributed by atoms with Crippen LogP contribution in [0.2, 0.25) is 0 Å². The lowest BCUT2D eigenvalue weighted by Gasteiger charge is -2.27. The summed E-state index contributed by atoms with van der Waals surface area (Å²) in [6, 6.07) is 0. The van der Waals surface area contributed by atoms with Crippen LogP contribution in [0.1, 0.15) is 96.8 Å². The first-order valence-electron chi connectivity index (χ1n) is 11.3. The normalized spacial score (nSPS) is 12.8. The molecule has 156 valence electrons. The van der Waals surface area contributed by atoms with Crippen molar-refractivity contribution in [2.75, 3.05) is 40.5 Å². The Bertz CT molecular complexity index is 299. The first-order chi connectivity index (χ1) is 12.6. The highest BCUT2D eigenvalue weighted by Gasteiger charge is 2.03. The van der Waals surface area contributed by atoms with E-state index >= 15 is 0 Å². The molecule has 0 saturated carbocycles. The summed E-state index contributed by atoms with van der Waals surface area (Å²) >= 11 is 0. The topological polar surface area (TPSA) is 9.23 Å². The van der Waals surface area contributed by atoms with E-state index in [1.54, 1.807) is 0 Å². The minimum absolute atomic E-state index is 0.886. The summed E-state index contributed by atoms with van der Waals surface area (Å²) in [4.78, 5) is 0. The van der Waals surface area contributed by atoms with E-state index in [1.807, 2.05) is 0 Å². The molecule has 0 radical (unpaired) electrons. The molecule has 26 heavy (non-hydrogen) atoms. The molecule has 0 spiro atoms. The van der Waals surface area contributed by atoms with Gasteiger partial charge in [0.05, 0.1) is 34.3 Å². The predicted octanol–water partition coefficient (Wildman–Crippen LogP) is 7.61. The molecule has 0 aliphatic rings. The lowest BCUT2D eigenvalue weighted by atomic mass is 10.1. The monoisotopic (exact) mass is 385 g/mol. The summed E-state index contributed by atoms with van der Waals surface area (Å²) in [6.07, 6.45) is 25.3. The molecule has 0 unspecified atom stereocenters. The lowest BCUT2D eigenvalue weighted by molar-refractivity contribution is -0.870. The Morgan fingerprint density at radius 2 is 1.19 bits per heavy atom. The molecule has 2 nitrogen and oxygen atoms in total. The molecule has 0 aromatic rings. The van der Waals surface area contributed by atoms with Crippen molar-refractivity contribution in [3.8, 4) is 0 Å². The van der Waals surface area contributed by atoms with Gasteiger partial charge in [0.15, 0.2) is 0 Å². The Morgan fingerprint density at radius 3 is 1.73 bits per heavy atom. The molecule has 0 aromatic heterocycles. The SMILES string of the molecule is CCCCCCCCC=CCCCCCCCC[P-]OCC[N+](C)(C)C. The first kappa shape index (κ1) is 26.1. The molecular formula is C23H48NOP. The van der Waals surface area contributed by atoms with Crippen molar-refractivity contribution < 1.29 is 9.01 Å². The number of hydrogen-bond donors (Lipinski definition) is 0. The lowest BCUT2D eigenvalue weighted by Crippen LogP contribution is -2.37. The van der Waals surface area contributed by atoms with Crippen molar-refractivity contribution in [1.29, 1.82) is 0 Å². The van der Waals surface area contributed by atoms with Gasteiger partial charge in [-0.2, -0.15) is 6.16 Å². The highest BCUT2D eigenvalue weighted by atomic mass is 31.1. The molecule has 0 aliphatic heterocycles. The van der Waals surface area contributed by atoms with Gasteiger partial charge in [-0.1, -0.05) is 83.3 Å². The van der Waals surface area contributed by atoms with Crippen molar-refractivity contribution in [2.45, 2.75) is 96.8 Å². The number of rotatable bonds is 20. The van der Waals surface area contributed by atoms with Gasteiger partial charge in [0, 0.05) is 0 Å². The van der Waals surface area contributed by atoms with E-state index in [4.69, 9.17) is 4.52 Å². The van der Waals surface area contributed by atoms with Crippen LogP contribution < -0.4 is 0 Å². The Labute approximate surface area is 167 Å². The maximum Gasteiger partial charge on any atom is 0.0989 e. The first-order valence-corrected chi connectivity index (χ1v) is 12.3.